The highest BCUT2D eigenvalue weighted by Gasteiger charge is 2.12. The number of aromatic carboxylic acids is 1. The van der Waals surface area contributed by atoms with E-state index in [4.69, 9.17) is 26.0 Å². The van der Waals surface area contributed by atoms with Gasteiger partial charge in [0, 0.05) is 0 Å². The third kappa shape index (κ3) is 2.74. The van der Waals surface area contributed by atoms with Crippen molar-refractivity contribution in [3.05, 3.63) is 42.0 Å². The molecule has 20 heavy (non-hydrogen) atoms. The number of nitrogens with two attached hydrogens (primary N) is 2. The van der Waals surface area contributed by atoms with Gasteiger partial charge in [0.1, 0.15) is 11.5 Å². The number of nitrogen functional groups attached to an aromatic ring is 2. The van der Waals surface area contributed by atoms with Crippen molar-refractivity contribution in [3.63, 3.8) is 0 Å². The Bertz CT molecular complexity index is 615. The summed E-state index contributed by atoms with van der Waals surface area (Å²) in [5, 5.41) is 8.91. The van der Waals surface area contributed by atoms with E-state index in [0.29, 0.717) is 11.5 Å². The van der Waals surface area contributed by atoms with E-state index in [0.717, 1.165) is 0 Å². The Morgan fingerprint density at radius 2 is 1.55 bits per heavy atom. The third-order valence-corrected chi connectivity index (χ3v) is 2.67. The summed E-state index contributed by atoms with van der Waals surface area (Å²) in [6.45, 7) is 0. The smallest absolute Gasteiger partial charge is 0.335 e. The molecule has 6 nitrogen and oxygen atoms in total. The molecule has 0 heterocycles. The van der Waals surface area contributed by atoms with Gasteiger partial charge in [0.15, 0.2) is 5.75 Å². The van der Waals surface area contributed by atoms with E-state index in [1.54, 1.807) is 31.4 Å². The molecule has 2 rings (SSSR count). The molecule has 0 bridgehead atoms. The molecular weight excluding hydrogens is 260 g/mol. The first-order chi connectivity index (χ1) is 9.51. The lowest BCUT2D eigenvalue weighted by Crippen LogP contribution is -2.03. The second-order valence-electron chi connectivity index (χ2n) is 4.07. The van der Waals surface area contributed by atoms with Crippen LogP contribution in [0.3, 0.4) is 0 Å². The van der Waals surface area contributed by atoms with Crippen LogP contribution in [0, 0.1) is 0 Å². The van der Waals surface area contributed by atoms with Crippen molar-refractivity contribution in [2.75, 3.05) is 18.6 Å². The molecule has 5 N–H and O–H groups in total. The van der Waals surface area contributed by atoms with Crippen LogP contribution in [-0.2, 0) is 0 Å². The molecule has 0 saturated carbocycles. The molecule has 6 heteroatoms. The van der Waals surface area contributed by atoms with Crippen LogP contribution >= 0.6 is 0 Å². The summed E-state index contributed by atoms with van der Waals surface area (Å²) in [6, 6.07) is 9.46. The summed E-state index contributed by atoms with van der Waals surface area (Å²) in [5.41, 5.74) is 11.9. The van der Waals surface area contributed by atoms with Crippen molar-refractivity contribution < 1.29 is 19.4 Å². The lowest BCUT2D eigenvalue weighted by Gasteiger charge is -2.12. The highest BCUT2D eigenvalue weighted by molar-refractivity contribution is 5.91. The zero-order chi connectivity index (χ0) is 14.7. The predicted molar refractivity (Wildman–Crippen MR) is 75.3 cm³/mol. The SMILES string of the molecule is COc1ccc(Oc2c(N)cc(C(=O)O)cc2N)cc1. The maximum Gasteiger partial charge on any atom is 0.335 e. The third-order valence-electron chi connectivity index (χ3n) is 2.67. The summed E-state index contributed by atoms with van der Waals surface area (Å²) in [7, 11) is 1.57. The van der Waals surface area contributed by atoms with Crippen molar-refractivity contribution in [1.82, 2.24) is 0 Å². The van der Waals surface area contributed by atoms with Gasteiger partial charge in [0.25, 0.3) is 0 Å². The molecule has 0 spiro atoms. The van der Waals surface area contributed by atoms with Gasteiger partial charge in [-0.15, -0.1) is 0 Å². The molecule has 0 unspecified atom stereocenters. The van der Waals surface area contributed by atoms with Crippen LogP contribution < -0.4 is 20.9 Å². The minimum absolute atomic E-state index is 0.0158. The quantitative estimate of drug-likeness (QED) is 0.738. The van der Waals surface area contributed by atoms with E-state index in [9.17, 15) is 4.79 Å². The first-order valence-corrected chi connectivity index (χ1v) is 5.75. The summed E-state index contributed by atoms with van der Waals surface area (Å²) < 4.78 is 10.6. The van der Waals surface area contributed by atoms with Crippen LogP contribution in [0.5, 0.6) is 17.2 Å². The minimum atomic E-state index is -1.10. The van der Waals surface area contributed by atoms with Crippen LogP contribution in [0.4, 0.5) is 11.4 Å². The molecule has 0 fully saturated rings. The van der Waals surface area contributed by atoms with Crippen molar-refractivity contribution in [1.29, 1.82) is 0 Å². The average molecular weight is 274 g/mol. The van der Waals surface area contributed by atoms with Gasteiger partial charge in [-0.3, -0.25) is 0 Å². The number of anilines is 2. The monoisotopic (exact) mass is 274 g/mol. The number of hydrogen-bond donors (Lipinski definition) is 3. The number of carboxylic acid groups (broad SMARTS) is 1. The van der Waals surface area contributed by atoms with Crippen molar-refractivity contribution >= 4 is 17.3 Å². The molecule has 0 aromatic heterocycles. The fourth-order valence-electron chi connectivity index (χ4n) is 1.68. The van der Waals surface area contributed by atoms with Crippen LogP contribution in [0.1, 0.15) is 10.4 Å². The van der Waals surface area contributed by atoms with Crippen LogP contribution in [0.25, 0.3) is 0 Å². The van der Waals surface area contributed by atoms with Crippen LogP contribution in [-0.4, -0.2) is 18.2 Å². The first kappa shape index (κ1) is 13.5. The van der Waals surface area contributed by atoms with Gasteiger partial charge in [0.05, 0.1) is 24.0 Å². The molecule has 0 radical (unpaired) electrons. The van der Waals surface area contributed by atoms with Crippen LogP contribution in [0.2, 0.25) is 0 Å². The van der Waals surface area contributed by atoms with Gasteiger partial charge >= 0.3 is 5.97 Å². The largest absolute Gasteiger partial charge is 0.497 e. The zero-order valence-corrected chi connectivity index (χ0v) is 10.8. The van der Waals surface area contributed by atoms with Crippen molar-refractivity contribution in [2.45, 2.75) is 0 Å². The molecule has 0 atom stereocenters. The van der Waals surface area contributed by atoms with E-state index >= 15 is 0 Å². The van der Waals surface area contributed by atoms with Crippen molar-refractivity contribution in [3.8, 4) is 17.2 Å². The van der Waals surface area contributed by atoms with E-state index in [2.05, 4.69) is 0 Å². The van der Waals surface area contributed by atoms with E-state index < -0.39 is 5.97 Å². The Hall–Kier alpha value is -2.89. The number of ether oxygens (including phenoxy) is 2. The summed E-state index contributed by atoms with van der Waals surface area (Å²) in [5.74, 6) is 0.353. The number of carboxylic acids is 1. The number of hydrogen-bond acceptors (Lipinski definition) is 5. The van der Waals surface area contributed by atoms with Crippen molar-refractivity contribution in [2.24, 2.45) is 0 Å². The highest BCUT2D eigenvalue weighted by atomic mass is 16.5. The average Bonchev–Trinajstić information content (AvgIpc) is 2.43. The summed E-state index contributed by atoms with van der Waals surface area (Å²) >= 11 is 0. The molecule has 0 aliphatic heterocycles. The van der Waals surface area contributed by atoms with Gasteiger partial charge in [-0.05, 0) is 36.4 Å². The molecule has 2 aromatic carbocycles. The maximum atomic E-state index is 10.9. The molecule has 0 aliphatic carbocycles. The van der Waals surface area contributed by atoms with Crippen LogP contribution in [0.15, 0.2) is 36.4 Å². The topological polar surface area (TPSA) is 108 Å². The van der Waals surface area contributed by atoms with E-state index in [1.165, 1.54) is 12.1 Å². The Morgan fingerprint density at radius 1 is 1.05 bits per heavy atom. The van der Waals surface area contributed by atoms with E-state index in [-0.39, 0.29) is 22.7 Å². The molecule has 2 aromatic rings. The second-order valence-corrected chi connectivity index (χ2v) is 4.07. The number of methoxy groups -OCH3 is 1. The lowest BCUT2D eigenvalue weighted by molar-refractivity contribution is 0.0697. The Kier molecular flexibility index (Phi) is 3.65. The maximum absolute atomic E-state index is 10.9. The lowest BCUT2D eigenvalue weighted by atomic mass is 10.1. The van der Waals surface area contributed by atoms with E-state index in [1.807, 2.05) is 0 Å². The zero-order valence-electron chi connectivity index (χ0n) is 10.8. The molecular formula is C14H14N2O4. The van der Waals surface area contributed by atoms with Gasteiger partial charge < -0.3 is 26.0 Å². The van der Waals surface area contributed by atoms with Gasteiger partial charge in [-0.2, -0.15) is 0 Å². The van der Waals surface area contributed by atoms with Gasteiger partial charge in [0.2, 0.25) is 0 Å². The van der Waals surface area contributed by atoms with Gasteiger partial charge in [-0.25, -0.2) is 4.79 Å². The fourth-order valence-corrected chi connectivity index (χ4v) is 1.68. The molecule has 0 amide bonds. The summed E-state index contributed by atoms with van der Waals surface area (Å²) in [6.07, 6.45) is 0. The number of carbonyl (C=O) groups is 1. The minimum Gasteiger partial charge on any atom is -0.497 e. The normalized spacial score (nSPS) is 10.1. The van der Waals surface area contributed by atoms with Gasteiger partial charge in [-0.1, -0.05) is 0 Å². The second kappa shape index (κ2) is 5.40. The number of benzene rings is 2. The Morgan fingerprint density at radius 3 is 2.00 bits per heavy atom. The predicted octanol–water partition coefficient (Wildman–Crippen LogP) is 2.35. The number of rotatable bonds is 4. The molecule has 0 aliphatic rings. The Balaban J connectivity index is 2.30. The summed E-state index contributed by atoms with van der Waals surface area (Å²) in [4.78, 5) is 10.9. The Labute approximate surface area is 115 Å². The fraction of sp³-hybridized carbons (Fsp3) is 0.0714. The first-order valence-electron chi connectivity index (χ1n) is 5.75. The standard InChI is InChI=1S/C14H14N2O4/c1-19-9-2-4-10(5-3-9)20-13-11(15)6-8(14(17)18)7-12(13)16/h2-7H,15-16H2,1H3,(H,17,18). The highest BCUT2D eigenvalue weighted by Crippen LogP contribution is 2.35. The molecule has 104 valence electrons. The molecule has 0 saturated heterocycles.